The average molecular weight is 309 g/mol. The molecule has 0 atom stereocenters. The Morgan fingerprint density at radius 2 is 2.17 bits per heavy atom. The molecule has 5 nitrogen and oxygen atoms in total. The Hall–Kier alpha value is -2.82. The van der Waals surface area contributed by atoms with Crippen LogP contribution in [0.4, 0.5) is 0 Å². The molecular formula is C18H19N3O2. The summed E-state index contributed by atoms with van der Waals surface area (Å²) in [5.41, 5.74) is 3.65. The number of amides is 1. The van der Waals surface area contributed by atoms with Crippen molar-refractivity contribution in [3.05, 3.63) is 65.6 Å². The lowest BCUT2D eigenvalue weighted by atomic mass is 10.2. The van der Waals surface area contributed by atoms with E-state index in [0.717, 1.165) is 16.9 Å². The first kappa shape index (κ1) is 15.1. The fraction of sp³-hybridized carbons (Fsp3) is 0.222. The molecule has 0 saturated heterocycles. The zero-order valence-electron chi connectivity index (χ0n) is 13.2. The highest BCUT2D eigenvalue weighted by atomic mass is 16.5. The van der Waals surface area contributed by atoms with Crippen LogP contribution in [0.3, 0.4) is 0 Å². The van der Waals surface area contributed by atoms with Gasteiger partial charge in [-0.05, 0) is 36.8 Å². The molecule has 118 valence electrons. The van der Waals surface area contributed by atoms with Crippen molar-refractivity contribution < 1.29 is 9.53 Å². The highest BCUT2D eigenvalue weighted by Gasteiger charge is 2.07. The van der Waals surface area contributed by atoms with E-state index in [1.807, 2.05) is 41.9 Å². The highest BCUT2D eigenvalue weighted by Crippen LogP contribution is 2.13. The predicted octanol–water partition coefficient (Wildman–Crippen LogP) is 2.62. The number of imidazole rings is 1. The van der Waals surface area contributed by atoms with Crippen molar-refractivity contribution in [1.29, 1.82) is 0 Å². The normalized spacial score (nSPS) is 10.7. The largest absolute Gasteiger partial charge is 0.497 e. The second-order valence-corrected chi connectivity index (χ2v) is 5.39. The van der Waals surface area contributed by atoms with Gasteiger partial charge in [0, 0.05) is 30.9 Å². The van der Waals surface area contributed by atoms with E-state index >= 15 is 0 Å². The van der Waals surface area contributed by atoms with E-state index in [1.54, 1.807) is 25.3 Å². The minimum Gasteiger partial charge on any atom is -0.497 e. The van der Waals surface area contributed by atoms with Gasteiger partial charge in [-0.3, -0.25) is 4.79 Å². The summed E-state index contributed by atoms with van der Waals surface area (Å²) in [6, 6.07) is 11.2. The minimum absolute atomic E-state index is 0.108. The van der Waals surface area contributed by atoms with Crippen LogP contribution in [-0.2, 0) is 6.42 Å². The fourth-order valence-corrected chi connectivity index (χ4v) is 2.50. The van der Waals surface area contributed by atoms with Crippen LogP contribution in [0.1, 0.15) is 21.6 Å². The van der Waals surface area contributed by atoms with Crippen LogP contribution in [0.15, 0.2) is 48.8 Å². The van der Waals surface area contributed by atoms with Crippen LogP contribution in [0.25, 0.3) is 5.65 Å². The third-order valence-corrected chi connectivity index (χ3v) is 3.73. The third kappa shape index (κ3) is 3.34. The Bertz CT molecular complexity index is 839. The van der Waals surface area contributed by atoms with E-state index in [2.05, 4.69) is 10.3 Å². The number of fused-ring (bicyclic) bond motifs is 1. The lowest BCUT2D eigenvalue weighted by molar-refractivity contribution is 0.0953. The quantitative estimate of drug-likeness (QED) is 0.788. The summed E-state index contributed by atoms with van der Waals surface area (Å²) in [6.45, 7) is 2.58. The topological polar surface area (TPSA) is 55.6 Å². The molecule has 23 heavy (non-hydrogen) atoms. The number of aromatic nitrogens is 2. The van der Waals surface area contributed by atoms with E-state index in [-0.39, 0.29) is 5.91 Å². The second-order valence-electron chi connectivity index (χ2n) is 5.39. The van der Waals surface area contributed by atoms with Gasteiger partial charge in [-0.1, -0.05) is 12.1 Å². The summed E-state index contributed by atoms with van der Waals surface area (Å²) >= 11 is 0. The van der Waals surface area contributed by atoms with Crippen LogP contribution in [0, 0.1) is 6.92 Å². The van der Waals surface area contributed by atoms with Crippen molar-refractivity contribution >= 4 is 11.6 Å². The molecule has 0 unspecified atom stereocenters. The van der Waals surface area contributed by atoms with Crippen molar-refractivity contribution in [3.8, 4) is 5.75 Å². The molecule has 0 radical (unpaired) electrons. The Labute approximate surface area is 134 Å². The Morgan fingerprint density at radius 3 is 2.96 bits per heavy atom. The maximum absolute atomic E-state index is 12.1. The molecule has 2 heterocycles. The predicted molar refractivity (Wildman–Crippen MR) is 89.0 cm³/mol. The number of benzene rings is 1. The molecule has 2 aromatic heterocycles. The van der Waals surface area contributed by atoms with Crippen molar-refractivity contribution in [1.82, 2.24) is 14.7 Å². The molecule has 1 N–H and O–H groups in total. The van der Waals surface area contributed by atoms with Gasteiger partial charge in [0.2, 0.25) is 0 Å². The first-order valence-corrected chi connectivity index (χ1v) is 7.53. The number of nitrogens with one attached hydrogen (secondary N) is 1. The summed E-state index contributed by atoms with van der Waals surface area (Å²) in [5.74, 6) is 0.567. The van der Waals surface area contributed by atoms with Gasteiger partial charge in [-0.25, -0.2) is 4.98 Å². The van der Waals surface area contributed by atoms with Gasteiger partial charge in [0.05, 0.1) is 12.8 Å². The molecular weight excluding hydrogens is 290 g/mol. The first-order chi connectivity index (χ1) is 11.2. The van der Waals surface area contributed by atoms with Crippen LogP contribution in [0.2, 0.25) is 0 Å². The smallest absolute Gasteiger partial charge is 0.251 e. The number of methoxy groups -OCH3 is 1. The summed E-state index contributed by atoms with van der Waals surface area (Å²) in [7, 11) is 1.59. The van der Waals surface area contributed by atoms with Gasteiger partial charge in [-0.15, -0.1) is 0 Å². The molecule has 0 spiro atoms. The standard InChI is InChI=1S/C18H19N3O2/c1-13-5-4-10-21-12-15(20-17(13)21)8-9-19-18(22)14-6-3-7-16(11-14)23-2/h3-7,10-12H,8-9H2,1-2H3,(H,19,22). The SMILES string of the molecule is COc1cccc(C(=O)NCCc2cn3cccc(C)c3n2)c1. The maximum atomic E-state index is 12.1. The van der Waals surface area contributed by atoms with Gasteiger partial charge in [0.25, 0.3) is 5.91 Å². The summed E-state index contributed by atoms with van der Waals surface area (Å²) < 4.78 is 7.14. The Morgan fingerprint density at radius 1 is 1.30 bits per heavy atom. The lowest BCUT2D eigenvalue weighted by Gasteiger charge is -2.05. The summed E-state index contributed by atoms with van der Waals surface area (Å²) in [5, 5.41) is 2.91. The Kier molecular flexibility index (Phi) is 4.28. The molecule has 0 bridgehead atoms. The molecule has 5 heteroatoms. The molecule has 0 saturated carbocycles. The molecule has 0 aliphatic heterocycles. The number of pyridine rings is 1. The zero-order chi connectivity index (χ0) is 16.2. The first-order valence-electron chi connectivity index (χ1n) is 7.53. The molecule has 1 aromatic carbocycles. The number of rotatable bonds is 5. The average Bonchev–Trinajstić information content (AvgIpc) is 2.99. The molecule has 3 aromatic rings. The van der Waals surface area contributed by atoms with Crippen LogP contribution in [-0.4, -0.2) is 28.9 Å². The van der Waals surface area contributed by atoms with Crippen molar-refractivity contribution in [2.24, 2.45) is 0 Å². The fourth-order valence-electron chi connectivity index (χ4n) is 2.50. The van der Waals surface area contributed by atoms with Gasteiger partial charge in [0.1, 0.15) is 11.4 Å². The lowest BCUT2D eigenvalue weighted by Crippen LogP contribution is -2.25. The molecule has 1 amide bonds. The van der Waals surface area contributed by atoms with Crippen molar-refractivity contribution in [3.63, 3.8) is 0 Å². The van der Waals surface area contributed by atoms with Gasteiger partial charge < -0.3 is 14.5 Å². The number of aryl methyl sites for hydroxylation is 1. The van der Waals surface area contributed by atoms with Crippen LogP contribution in [0.5, 0.6) is 5.75 Å². The van der Waals surface area contributed by atoms with E-state index < -0.39 is 0 Å². The number of hydrogen-bond donors (Lipinski definition) is 1. The molecule has 0 aliphatic carbocycles. The molecule has 0 fully saturated rings. The van der Waals surface area contributed by atoms with Crippen molar-refractivity contribution in [2.45, 2.75) is 13.3 Å². The van der Waals surface area contributed by atoms with Gasteiger partial charge in [-0.2, -0.15) is 0 Å². The number of carbonyl (C=O) groups excluding carboxylic acids is 1. The van der Waals surface area contributed by atoms with E-state index in [1.165, 1.54) is 0 Å². The van der Waals surface area contributed by atoms with E-state index in [9.17, 15) is 4.79 Å². The van der Waals surface area contributed by atoms with Crippen LogP contribution >= 0.6 is 0 Å². The number of ether oxygens (including phenoxy) is 1. The third-order valence-electron chi connectivity index (χ3n) is 3.73. The summed E-state index contributed by atoms with van der Waals surface area (Å²) in [6.07, 6.45) is 4.67. The van der Waals surface area contributed by atoms with Crippen molar-refractivity contribution in [2.75, 3.05) is 13.7 Å². The van der Waals surface area contributed by atoms with E-state index in [4.69, 9.17) is 4.74 Å². The molecule has 0 aliphatic rings. The van der Waals surface area contributed by atoms with E-state index in [0.29, 0.717) is 24.3 Å². The van der Waals surface area contributed by atoms with Crippen LogP contribution < -0.4 is 10.1 Å². The monoisotopic (exact) mass is 309 g/mol. The molecule has 3 rings (SSSR count). The highest BCUT2D eigenvalue weighted by molar-refractivity contribution is 5.94. The Balaban J connectivity index is 1.61. The number of carbonyl (C=O) groups is 1. The second kappa shape index (κ2) is 6.52. The van der Waals surface area contributed by atoms with Gasteiger partial charge in [0.15, 0.2) is 0 Å². The maximum Gasteiger partial charge on any atom is 0.251 e. The number of nitrogens with zero attached hydrogens (tertiary/aromatic N) is 2. The number of hydrogen-bond acceptors (Lipinski definition) is 3. The van der Waals surface area contributed by atoms with Gasteiger partial charge >= 0.3 is 0 Å². The summed E-state index contributed by atoms with van der Waals surface area (Å²) in [4.78, 5) is 16.7. The zero-order valence-corrected chi connectivity index (χ0v) is 13.2. The minimum atomic E-state index is -0.108.